The molecule has 16 heavy (non-hydrogen) atoms. The van der Waals surface area contributed by atoms with Crippen LogP contribution in [0.2, 0.25) is 0 Å². The molecule has 1 atom stereocenters. The van der Waals surface area contributed by atoms with Crippen LogP contribution in [0.15, 0.2) is 18.3 Å². The number of hydrogen-bond acceptors (Lipinski definition) is 4. The fraction of sp³-hybridized carbons (Fsp3) is 0.364. The van der Waals surface area contributed by atoms with Crippen molar-refractivity contribution in [2.75, 3.05) is 5.73 Å². The van der Waals surface area contributed by atoms with Crippen LogP contribution in [-0.2, 0) is 4.79 Å². The van der Waals surface area contributed by atoms with E-state index in [0.29, 0.717) is 24.4 Å². The molecule has 82 valence electrons. The Bertz CT molecular complexity index is 560. The van der Waals surface area contributed by atoms with Gasteiger partial charge in [-0.1, -0.05) is 0 Å². The van der Waals surface area contributed by atoms with Gasteiger partial charge in [0.25, 0.3) is 0 Å². The molecule has 2 aromatic rings. The number of nitrogens with zero attached hydrogens (tertiary/aromatic N) is 3. The molecule has 1 saturated carbocycles. The molecule has 0 aromatic carbocycles. The molecule has 2 aromatic heterocycles. The van der Waals surface area contributed by atoms with Crippen molar-refractivity contribution >= 4 is 17.2 Å². The molecule has 0 saturated heterocycles. The lowest BCUT2D eigenvalue weighted by atomic mass is 10.0. The molecule has 1 aliphatic rings. The number of Topliss-reactive ketones (excluding diaryl/α,β-unsaturated/α-hetero) is 1. The van der Waals surface area contributed by atoms with Gasteiger partial charge in [0.05, 0.1) is 11.9 Å². The summed E-state index contributed by atoms with van der Waals surface area (Å²) >= 11 is 0. The highest BCUT2D eigenvalue weighted by Crippen LogP contribution is 2.31. The molecule has 3 rings (SSSR count). The second-order valence-electron chi connectivity index (χ2n) is 4.19. The lowest BCUT2D eigenvalue weighted by molar-refractivity contribution is -0.117. The summed E-state index contributed by atoms with van der Waals surface area (Å²) in [5.41, 5.74) is 7.54. The SMILES string of the molecule is Nc1cc(C2CCC(=O)C2)nc2ccnn12. The van der Waals surface area contributed by atoms with E-state index in [2.05, 4.69) is 10.1 Å². The predicted octanol–water partition coefficient (Wildman–Crippen LogP) is 1.15. The van der Waals surface area contributed by atoms with Gasteiger partial charge in [-0.15, -0.1) is 0 Å². The van der Waals surface area contributed by atoms with Crippen LogP contribution in [0.3, 0.4) is 0 Å². The highest BCUT2D eigenvalue weighted by atomic mass is 16.1. The van der Waals surface area contributed by atoms with Crippen molar-refractivity contribution in [1.82, 2.24) is 14.6 Å². The van der Waals surface area contributed by atoms with Crippen LogP contribution in [0.25, 0.3) is 5.65 Å². The van der Waals surface area contributed by atoms with Gasteiger partial charge < -0.3 is 5.73 Å². The summed E-state index contributed by atoms with van der Waals surface area (Å²) in [5.74, 6) is 1.12. The van der Waals surface area contributed by atoms with E-state index < -0.39 is 0 Å². The molecule has 5 heteroatoms. The number of aromatic nitrogens is 3. The third-order valence-electron chi connectivity index (χ3n) is 3.07. The van der Waals surface area contributed by atoms with E-state index in [4.69, 9.17) is 5.73 Å². The first-order valence-corrected chi connectivity index (χ1v) is 5.36. The van der Waals surface area contributed by atoms with Crippen LogP contribution >= 0.6 is 0 Å². The highest BCUT2D eigenvalue weighted by molar-refractivity contribution is 5.81. The summed E-state index contributed by atoms with van der Waals surface area (Å²) in [5, 5.41) is 4.06. The number of nitrogen functional groups attached to an aromatic ring is 1. The van der Waals surface area contributed by atoms with Crippen molar-refractivity contribution in [2.45, 2.75) is 25.2 Å². The summed E-state index contributed by atoms with van der Waals surface area (Å²) < 4.78 is 1.60. The summed E-state index contributed by atoms with van der Waals surface area (Å²) in [6.45, 7) is 0. The molecule has 0 radical (unpaired) electrons. The molecule has 1 unspecified atom stereocenters. The fourth-order valence-corrected chi connectivity index (χ4v) is 2.23. The number of rotatable bonds is 1. The molecule has 0 aliphatic heterocycles. The Balaban J connectivity index is 2.07. The molecule has 0 amide bonds. The van der Waals surface area contributed by atoms with E-state index in [-0.39, 0.29) is 5.92 Å². The quantitative estimate of drug-likeness (QED) is 0.776. The Hall–Kier alpha value is -1.91. The van der Waals surface area contributed by atoms with Gasteiger partial charge in [0.2, 0.25) is 0 Å². The lowest BCUT2D eigenvalue weighted by Gasteiger charge is -2.09. The van der Waals surface area contributed by atoms with Gasteiger partial charge in [0, 0.05) is 30.9 Å². The number of fused-ring (bicyclic) bond motifs is 1. The van der Waals surface area contributed by atoms with Crippen molar-refractivity contribution in [3.63, 3.8) is 0 Å². The monoisotopic (exact) mass is 216 g/mol. The summed E-state index contributed by atoms with van der Waals surface area (Å²) in [6, 6.07) is 3.64. The minimum absolute atomic E-state index is 0.231. The van der Waals surface area contributed by atoms with Gasteiger partial charge in [-0.3, -0.25) is 4.79 Å². The number of hydrogen-bond donors (Lipinski definition) is 1. The third-order valence-corrected chi connectivity index (χ3v) is 3.07. The average molecular weight is 216 g/mol. The maximum atomic E-state index is 11.2. The third kappa shape index (κ3) is 1.36. The zero-order valence-electron chi connectivity index (χ0n) is 8.76. The van der Waals surface area contributed by atoms with E-state index in [1.54, 1.807) is 10.7 Å². The molecule has 1 aliphatic carbocycles. The van der Waals surface area contributed by atoms with Gasteiger partial charge in [-0.25, -0.2) is 4.98 Å². The highest BCUT2D eigenvalue weighted by Gasteiger charge is 2.25. The lowest BCUT2D eigenvalue weighted by Crippen LogP contribution is -2.05. The second kappa shape index (κ2) is 3.30. The molecule has 0 bridgehead atoms. The normalized spacial score (nSPS) is 20.8. The number of ketones is 1. The van der Waals surface area contributed by atoms with Gasteiger partial charge in [-0.2, -0.15) is 9.61 Å². The minimum atomic E-state index is 0.231. The molecule has 0 spiro atoms. The fourth-order valence-electron chi connectivity index (χ4n) is 2.23. The van der Waals surface area contributed by atoms with Crippen molar-refractivity contribution < 1.29 is 4.79 Å². The molecule has 1 fully saturated rings. The Morgan fingerprint density at radius 2 is 2.38 bits per heavy atom. The number of carbonyl (C=O) groups is 1. The van der Waals surface area contributed by atoms with Crippen LogP contribution in [-0.4, -0.2) is 20.4 Å². The Kier molecular flexibility index (Phi) is 1.92. The first kappa shape index (κ1) is 9.33. The maximum absolute atomic E-state index is 11.2. The van der Waals surface area contributed by atoms with E-state index in [9.17, 15) is 4.79 Å². The minimum Gasteiger partial charge on any atom is -0.384 e. The predicted molar refractivity (Wildman–Crippen MR) is 59.0 cm³/mol. The van der Waals surface area contributed by atoms with Gasteiger partial charge in [0.15, 0.2) is 5.65 Å². The first-order chi connectivity index (χ1) is 7.74. The maximum Gasteiger partial charge on any atom is 0.157 e. The Morgan fingerprint density at radius 3 is 3.12 bits per heavy atom. The summed E-state index contributed by atoms with van der Waals surface area (Å²) in [7, 11) is 0. The summed E-state index contributed by atoms with van der Waals surface area (Å²) in [6.07, 6.45) is 3.81. The topological polar surface area (TPSA) is 73.3 Å². The molecule has 2 heterocycles. The number of nitrogens with two attached hydrogens (primary N) is 1. The van der Waals surface area contributed by atoms with Crippen LogP contribution in [0, 0.1) is 0 Å². The zero-order valence-corrected chi connectivity index (χ0v) is 8.76. The van der Waals surface area contributed by atoms with Crippen molar-refractivity contribution in [3.8, 4) is 0 Å². The average Bonchev–Trinajstić information content (AvgIpc) is 2.85. The van der Waals surface area contributed by atoms with Gasteiger partial charge >= 0.3 is 0 Å². The van der Waals surface area contributed by atoms with Crippen molar-refractivity contribution in [2.24, 2.45) is 0 Å². The van der Waals surface area contributed by atoms with Crippen LogP contribution in [0.4, 0.5) is 5.82 Å². The molecular weight excluding hydrogens is 204 g/mol. The number of anilines is 1. The standard InChI is InChI=1S/C11H12N4O/c12-10-6-9(7-1-2-8(16)5-7)14-11-3-4-13-15(10)11/h3-4,6-7H,1-2,5,12H2. The van der Waals surface area contributed by atoms with Gasteiger partial charge in [0.1, 0.15) is 11.6 Å². The van der Waals surface area contributed by atoms with E-state index in [1.165, 1.54) is 0 Å². The molecular formula is C11H12N4O. The van der Waals surface area contributed by atoms with Crippen molar-refractivity contribution in [3.05, 3.63) is 24.0 Å². The first-order valence-electron chi connectivity index (χ1n) is 5.36. The second-order valence-corrected chi connectivity index (χ2v) is 4.19. The molecule has 2 N–H and O–H groups in total. The van der Waals surface area contributed by atoms with Crippen molar-refractivity contribution in [1.29, 1.82) is 0 Å². The largest absolute Gasteiger partial charge is 0.384 e. The smallest absolute Gasteiger partial charge is 0.157 e. The summed E-state index contributed by atoms with van der Waals surface area (Å²) in [4.78, 5) is 15.7. The van der Waals surface area contributed by atoms with Crippen LogP contribution < -0.4 is 5.73 Å². The van der Waals surface area contributed by atoms with Crippen LogP contribution in [0.1, 0.15) is 30.9 Å². The zero-order chi connectivity index (χ0) is 11.1. The Labute approximate surface area is 92.3 Å². The number of carbonyl (C=O) groups excluding carboxylic acids is 1. The van der Waals surface area contributed by atoms with Gasteiger partial charge in [-0.05, 0) is 6.42 Å². The van der Waals surface area contributed by atoms with Crippen LogP contribution in [0.5, 0.6) is 0 Å². The van der Waals surface area contributed by atoms with E-state index in [0.717, 1.165) is 17.8 Å². The van der Waals surface area contributed by atoms with E-state index >= 15 is 0 Å². The van der Waals surface area contributed by atoms with E-state index in [1.807, 2.05) is 12.1 Å². The molecule has 5 nitrogen and oxygen atoms in total. The Morgan fingerprint density at radius 1 is 1.50 bits per heavy atom.